The van der Waals surface area contributed by atoms with Crippen LogP contribution in [0.5, 0.6) is 0 Å². The number of anilines is 1. The van der Waals surface area contributed by atoms with Gasteiger partial charge in [0.15, 0.2) is 5.82 Å². The molecule has 4 rings (SSSR count). The van der Waals surface area contributed by atoms with Crippen LogP contribution in [-0.2, 0) is 0 Å². The van der Waals surface area contributed by atoms with Crippen molar-refractivity contribution in [3.8, 4) is 11.3 Å². The highest BCUT2D eigenvalue weighted by Crippen LogP contribution is 2.34. The molecule has 0 radical (unpaired) electrons. The third kappa shape index (κ3) is 2.43. The Kier molecular flexibility index (Phi) is 3.65. The molecule has 5 nitrogen and oxygen atoms in total. The summed E-state index contributed by atoms with van der Waals surface area (Å²) in [5, 5.41) is 4.08. The average Bonchev–Trinajstić information content (AvgIpc) is 3.00. The Morgan fingerprint density at radius 1 is 1.09 bits per heavy atom. The minimum Gasteiger partial charge on any atom is -0.353 e. The molecule has 0 unspecified atom stereocenters. The molecule has 0 aliphatic carbocycles. The lowest BCUT2D eigenvalue weighted by Gasteiger charge is -2.28. The molecule has 1 aliphatic rings. The van der Waals surface area contributed by atoms with E-state index < -0.39 is 0 Å². The van der Waals surface area contributed by atoms with Crippen LogP contribution in [-0.4, -0.2) is 40.5 Å². The second-order valence-corrected chi connectivity index (χ2v) is 6.36. The molecular weight excluding hydrogens is 318 g/mol. The first-order chi connectivity index (χ1) is 10.8. The first-order valence-corrected chi connectivity index (χ1v) is 8.30. The molecule has 3 heterocycles. The smallest absolute Gasteiger partial charge is 0.151 e. The first-order valence-electron chi connectivity index (χ1n) is 7.15. The summed E-state index contributed by atoms with van der Waals surface area (Å²) in [6.45, 7) is 3.88. The van der Waals surface area contributed by atoms with E-state index in [9.17, 15) is 0 Å². The Morgan fingerprint density at radius 2 is 1.86 bits per heavy atom. The van der Waals surface area contributed by atoms with Crippen molar-refractivity contribution >= 4 is 39.2 Å². The number of nitrogens with one attached hydrogen (secondary N) is 1. The molecule has 1 fully saturated rings. The third-order valence-corrected chi connectivity index (χ3v) is 4.86. The average molecular weight is 332 g/mol. The van der Waals surface area contributed by atoms with Gasteiger partial charge in [-0.05, 0) is 23.7 Å². The van der Waals surface area contributed by atoms with Crippen molar-refractivity contribution in [1.29, 1.82) is 0 Å². The number of hydrogen-bond acceptors (Lipinski definition) is 6. The number of aromatic nitrogens is 3. The number of fused-ring (bicyclic) bond motifs is 1. The van der Waals surface area contributed by atoms with Crippen LogP contribution in [0, 0.1) is 0 Å². The second-order valence-electron chi connectivity index (χ2n) is 5.15. The molecule has 0 bridgehead atoms. The maximum Gasteiger partial charge on any atom is 0.151 e. The van der Waals surface area contributed by atoms with E-state index in [4.69, 9.17) is 11.6 Å². The summed E-state index contributed by atoms with van der Waals surface area (Å²) in [5.41, 5.74) is 2.84. The van der Waals surface area contributed by atoms with Gasteiger partial charge < -0.3 is 10.2 Å². The third-order valence-electron chi connectivity index (χ3n) is 3.77. The Balaban J connectivity index is 1.80. The zero-order chi connectivity index (χ0) is 14.9. The van der Waals surface area contributed by atoms with Crippen molar-refractivity contribution in [1.82, 2.24) is 19.7 Å². The summed E-state index contributed by atoms with van der Waals surface area (Å²) >= 11 is 7.43. The van der Waals surface area contributed by atoms with E-state index in [2.05, 4.69) is 24.6 Å². The topological polar surface area (TPSA) is 53.9 Å². The van der Waals surface area contributed by atoms with E-state index in [1.807, 2.05) is 24.3 Å². The molecule has 0 atom stereocenters. The standard InChI is InChI=1S/C15H14ClN5S/c16-11-3-1-10(2-4-11)12-13-14(22-20-12)15(19-9-18-13)21-7-5-17-6-8-21/h1-4,9,17H,5-8H2. The van der Waals surface area contributed by atoms with Crippen LogP contribution < -0.4 is 10.2 Å². The van der Waals surface area contributed by atoms with E-state index >= 15 is 0 Å². The number of piperazine rings is 1. The molecule has 112 valence electrons. The van der Waals surface area contributed by atoms with E-state index in [0.717, 1.165) is 58.5 Å². The summed E-state index contributed by atoms with van der Waals surface area (Å²) in [6, 6.07) is 7.70. The van der Waals surface area contributed by atoms with Crippen LogP contribution in [0.4, 0.5) is 5.82 Å². The fourth-order valence-electron chi connectivity index (χ4n) is 2.65. The monoisotopic (exact) mass is 331 g/mol. The first kappa shape index (κ1) is 13.9. The Morgan fingerprint density at radius 3 is 2.64 bits per heavy atom. The van der Waals surface area contributed by atoms with Gasteiger partial charge in [-0.1, -0.05) is 23.7 Å². The molecule has 22 heavy (non-hydrogen) atoms. The lowest BCUT2D eigenvalue weighted by atomic mass is 10.1. The summed E-state index contributed by atoms with van der Waals surface area (Å²) in [6.07, 6.45) is 1.63. The fourth-order valence-corrected chi connectivity index (χ4v) is 3.65. The van der Waals surface area contributed by atoms with Crippen molar-refractivity contribution in [2.45, 2.75) is 0 Å². The lowest BCUT2D eigenvalue weighted by Crippen LogP contribution is -2.43. The molecule has 1 saturated heterocycles. The van der Waals surface area contributed by atoms with Crippen molar-refractivity contribution in [3.05, 3.63) is 35.6 Å². The number of hydrogen-bond donors (Lipinski definition) is 1. The molecule has 2 aromatic heterocycles. The lowest BCUT2D eigenvalue weighted by molar-refractivity contribution is 0.586. The highest BCUT2D eigenvalue weighted by molar-refractivity contribution is 7.14. The highest BCUT2D eigenvalue weighted by atomic mass is 35.5. The number of halogens is 1. The molecule has 3 aromatic rings. The quantitative estimate of drug-likeness (QED) is 0.782. The van der Waals surface area contributed by atoms with Crippen LogP contribution in [0.2, 0.25) is 5.02 Å². The number of rotatable bonds is 2. The van der Waals surface area contributed by atoms with Crippen LogP contribution in [0.1, 0.15) is 0 Å². The van der Waals surface area contributed by atoms with E-state index in [1.165, 1.54) is 11.5 Å². The highest BCUT2D eigenvalue weighted by Gasteiger charge is 2.19. The van der Waals surface area contributed by atoms with Gasteiger partial charge in [-0.15, -0.1) is 0 Å². The maximum absolute atomic E-state index is 5.96. The SMILES string of the molecule is Clc1ccc(-c2nsc3c(N4CCNCC4)ncnc23)cc1. The zero-order valence-corrected chi connectivity index (χ0v) is 13.4. The van der Waals surface area contributed by atoms with E-state index in [-0.39, 0.29) is 0 Å². The largest absolute Gasteiger partial charge is 0.353 e. The molecular formula is C15H14ClN5S. The van der Waals surface area contributed by atoms with Gasteiger partial charge in [0.1, 0.15) is 22.2 Å². The summed E-state index contributed by atoms with van der Waals surface area (Å²) in [5.74, 6) is 0.990. The number of benzene rings is 1. The zero-order valence-electron chi connectivity index (χ0n) is 11.8. The van der Waals surface area contributed by atoms with Gasteiger partial charge in [0, 0.05) is 36.8 Å². The predicted octanol–water partition coefficient (Wildman–Crippen LogP) is 2.82. The molecule has 0 spiro atoms. The van der Waals surface area contributed by atoms with Crippen LogP contribution in [0.25, 0.3) is 21.5 Å². The van der Waals surface area contributed by atoms with E-state index in [1.54, 1.807) is 6.33 Å². The molecule has 1 aliphatic heterocycles. The fraction of sp³-hybridized carbons (Fsp3) is 0.267. The maximum atomic E-state index is 5.96. The van der Waals surface area contributed by atoms with E-state index in [0.29, 0.717) is 0 Å². The van der Waals surface area contributed by atoms with Gasteiger partial charge in [0.2, 0.25) is 0 Å². The van der Waals surface area contributed by atoms with Gasteiger partial charge in [0.25, 0.3) is 0 Å². The molecule has 1 N–H and O–H groups in total. The van der Waals surface area contributed by atoms with Crippen molar-refractivity contribution in [2.75, 3.05) is 31.1 Å². The normalized spacial score (nSPS) is 15.4. The molecule has 0 saturated carbocycles. The van der Waals surface area contributed by atoms with Gasteiger partial charge in [-0.2, -0.15) is 4.37 Å². The van der Waals surface area contributed by atoms with Gasteiger partial charge in [-0.25, -0.2) is 9.97 Å². The molecule has 1 aromatic carbocycles. The van der Waals surface area contributed by atoms with Crippen molar-refractivity contribution in [2.24, 2.45) is 0 Å². The number of nitrogens with zero attached hydrogens (tertiary/aromatic N) is 4. The Bertz CT molecular complexity index is 795. The Labute approximate surface area is 137 Å². The second kappa shape index (κ2) is 5.79. The van der Waals surface area contributed by atoms with Gasteiger partial charge in [-0.3, -0.25) is 0 Å². The minimum absolute atomic E-state index is 0.722. The van der Waals surface area contributed by atoms with Crippen LogP contribution >= 0.6 is 23.1 Å². The molecule has 0 amide bonds. The molecule has 7 heteroatoms. The summed E-state index contributed by atoms with van der Waals surface area (Å²) < 4.78 is 5.65. The van der Waals surface area contributed by atoms with Gasteiger partial charge in [0.05, 0.1) is 0 Å². The summed E-state index contributed by atoms with van der Waals surface area (Å²) in [4.78, 5) is 11.2. The minimum atomic E-state index is 0.722. The Hall–Kier alpha value is -1.76. The van der Waals surface area contributed by atoms with Crippen molar-refractivity contribution < 1.29 is 0 Å². The van der Waals surface area contributed by atoms with Crippen LogP contribution in [0.15, 0.2) is 30.6 Å². The van der Waals surface area contributed by atoms with Gasteiger partial charge >= 0.3 is 0 Å². The summed E-state index contributed by atoms with van der Waals surface area (Å²) in [7, 11) is 0. The van der Waals surface area contributed by atoms with Crippen molar-refractivity contribution in [3.63, 3.8) is 0 Å². The predicted molar refractivity (Wildman–Crippen MR) is 90.7 cm³/mol. The van der Waals surface area contributed by atoms with Crippen LogP contribution in [0.3, 0.4) is 0 Å².